The zero-order chi connectivity index (χ0) is 21.9. The van der Waals surface area contributed by atoms with E-state index >= 15 is 0 Å². The zero-order valence-electron chi connectivity index (χ0n) is 17.7. The molecule has 0 saturated carbocycles. The molecule has 2 aliphatic rings. The van der Waals surface area contributed by atoms with E-state index in [9.17, 15) is 22.0 Å². The van der Waals surface area contributed by atoms with E-state index in [1.54, 1.807) is 0 Å². The molecule has 0 aromatic heterocycles. The Morgan fingerprint density at radius 3 is 2.30 bits per heavy atom. The van der Waals surface area contributed by atoms with Crippen LogP contribution >= 0.6 is 0 Å². The molecule has 0 atom stereocenters. The lowest BCUT2D eigenvalue weighted by Crippen LogP contribution is -2.52. The predicted octanol–water partition coefficient (Wildman–Crippen LogP) is 2.56. The van der Waals surface area contributed by atoms with E-state index < -0.39 is 26.6 Å². The molecule has 6 nitrogen and oxygen atoms in total. The summed E-state index contributed by atoms with van der Waals surface area (Å²) >= 11 is 0. The van der Waals surface area contributed by atoms with Crippen LogP contribution in [0.3, 0.4) is 0 Å². The van der Waals surface area contributed by atoms with E-state index in [1.807, 2.05) is 4.90 Å². The van der Waals surface area contributed by atoms with E-state index in [0.717, 1.165) is 42.5 Å². The Morgan fingerprint density at radius 2 is 1.70 bits per heavy atom. The van der Waals surface area contributed by atoms with E-state index in [-0.39, 0.29) is 24.9 Å². The van der Waals surface area contributed by atoms with Gasteiger partial charge in [0.25, 0.3) is 0 Å². The van der Waals surface area contributed by atoms with Crippen molar-refractivity contribution in [2.45, 2.75) is 38.0 Å². The van der Waals surface area contributed by atoms with Gasteiger partial charge in [-0.1, -0.05) is 13.8 Å². The van der Waals surface area contributed by atoms with Crippen molar-refractivity contribution in [1.82, 2.24) is 14.1 Å². The summed E-state index contributed by atoms with van der Waals surface area (Å²) in [6.07, 6.45) is 1.93. The summed E-state index contributed by atoms with van der Waals surface area (Å²) < 4.78 is 53.9. The fourth-order valence-corrected chi connectivity index (χ4v) is 5.59. The highest BCUT2D eigenvalue weighted by Gasteiger charge is 2.35. The van der Waals surface area contributed by atoms with Gasteiger partial charge in [0.1, 0.15) is 16.5 Å². The van der Waals surface area contributed by atoms with Crippen LogP contribution in [-0.4, -0.2) is 74.2 Å². The number of piperidine rings is 1. The fourth-order valence-electron chi connectivity index (χ4n) is 4.05. The minimum absolute atomic E-state index is 0.0764. The highest BCUT2D eigenvalue weighted by molar-refractivity contribution is 7.89. The van der Waals surface area contributed by atoms with E-state index in [0.29, 0.717) is 37.9 Å². The van der Waals surface area contributed by atoms with Gasteiger partial charge in [-0.3, -0.25) is 9.69 Å². The van der Waals surface area contributed by atoms with Gasteiger partial charge in [-0.05, 0) is 49.9 Å². The van der Waals surface area contributed by atoms with Gasteiger partial charge in [0.2, 0.25) is 15.9 Å². The molecule has 2 saturated heterocycles. The van der Waals surface area contributed by atoms with Crippen molar-refractivity contribution in [2.75, 3.05) is 45.8 Å². The third-order valence-electron chi connectivity index (χ3n) is 6.02. The molecule has 2 heterocycles. The first-order valence-electron chi connectivity index (χ1n) is 10.6. The van der Waals surface area contributed by atoms with Crippen LogP contribution in [0.5, 0.6) is 0 Å². The number of carbonyl (C=O) groups excluding carboxylic acids is 1. The Kier molecular flexibility index (Phi) is 7.47. The van der Waals surface area contributed by atoms with Crippen LogP contribution in [0, 0.1) is 23.5 Å². The molecule has 168 valence electrons. The molecule has 1 amide bonds. The van der Waals surface area contributed by atoms with Gasteiger partial charge in [0.05, 0.1) is 0 Å². The average molecular weight is 444 g/mol. The molecule has 2 fully saturated rings. The molecule has 0 radical (unpaired) electrons. The summed E-state index contributed by atoms with van der Waals surface area (Å²) in [4.78, 5) is 16.5. The maximum absolute atomic E-state index is 14.0. The third kappa shape index (κ3) is 5.36. The van der Waals surface area contributed by atoms with Gasteiger partial charge in [0, 0.05) is 45.2 Å². The van der Waals surface area contributed by atoms with E-state index in [1.165, 1.54) is 0 Å². The quantitative estimate of drug-likeness (QED) is 0.678. The molecular formula is C21H31F2N3O3S. The van der Waals surface area contributed by atoms with Crippen molar-refractivity contribution >= 4 is 15.9 Å². The first-order chi connectivity index (χ1) is 14.2. The number of carbonyl (C=O) groups is 1. The first-order valence-corrected chi connectivity index (χ1v) is 12.1. The number of hydrogen-bond donors (Lipinski definition) is 0. The van der Waals surface area contributed by atoms with Crippen molar-refractivity contribution in [1.29, 1.82) is 0 Å². The maximum Gasteiger partial charge on any atom is 0.246 e. The summed E-state index contributed by atoms with van der Waals surface area (Å²) in [6, 6.07) is 2.42. The molecule has 1 aromatic rings. The van der Waals surface area contributed by atoms with Crippen LogP contribution in [0.1, 0.15) is 33.1 Å². The molecular weight excluding hydrogens is 412 g/mol. The molecule has 0 spiro atoms. The van der Waals surface area contributed by atoms with Gasteiger partial charge < -0.3 is 4.90 Å². The number of sulfonamides is 1. The Labute approximate surface area is 177 Å². The lowest BCUT2D eigenvalue weighted by atomic mass is 9.96. The normalized spacial score (nSPS) is 20.1. The van der Waals surface area contributed by atoms with Crippen LogP contribution in [0.4, 0.5) is 8.78 Å². The summed E-state index contributed by atoms with van der Waals surface area (Å²) in [5.41, 5.74) is 0. The number of nitrogens with zero attached hydrogens (tertiary/aromatic N) is 3. The second-order valence-corrected chi connectivity index (χ2v) is 10.5. The van der Waals surface area contributed by atoms with Crippen LogP contribution in [0.25, 0.3) is 0 Å². The number of hydrogen-bond acceptors (Lipinski definition) is 4. The van der Waals surface area contributed by atoms with Gasteiger partial charge in [-0.2, -0.15) is 4.31 Å². The summed E-state index contributed by atoms with van der Waals surface area (Å²) in [5, 5.41) is 0. The topological polar surface area (TPSA) is 60.9 Å². The molecule has 2 aliphatic heterocycles. The Balaban J connectivity index is 1.53. The van der Waals surface area contributed by atoms with Gasteiger partial charge >= 0.3 is 0 Å². The number of halogens is 2. The summed E-state index contributed by atoms with van der Waals surface area (Å²) in [6.45, 7) is 8.84. The van der Waals surface area contributed by atoms with Crippen molar-refractivity contribution in [3.8, 4) is 0 Å². The fraction of sp³-hybridized carbons (Fsp3) is 0.667. The lowest BCUT2D eigenvalue weighted by molar-refractivity contribution is -0.138. The van der Waals surface area contributed by atoms with E-state index in [2.05, 4.69) is 18.7 Å². The average Bonchev–Trinajstić information content (AvgIpc) is 2.74. The second-order valence-electron chi connectivity index (χ2n) is 8.60. The number of amides is 1. The maximum atomic E-state index is 14.0. The molecule has 9 heteroatoms. The first kappa shape index (κ1) is 23.1. The van der Waals surface area contributed by atoms with Crippen molar-refractivity contribution in [3.05, 3.63) is 29.8 Å². The summed E-state index contributed by atoms with van der Waals surface area (Å²) in [7, 11) is -4.12. The molecule has 0 unspecified atom stereocenters. The minimum Gasteiger partial charge on any atom is -0.340 e. The van der Waals surface area contributed by atoms with Gasteiger partial charge in [-0.25, -0.2) is 17.2 Å². The third-order valence-corrected chi connectivity index (χ3v) is 7.93. The molecule has 3 rings (SSSR count). The van der Waals surface area contributed by atoms with Crippen LogP contribution in [0.15, 0.2) is 23.1 Å². The number of rotatable bonds is 6. The largest absolute Gasteiger partial charge is 0.340 e. The van der Waals surface area contributed by atoms with Crippen LogP contribution in [-0.2, 0) is 14.8 Å². The predicted molar refractivity (Wildman–Crippen MR) is 110 cm³/mol. The Morgan fingerprint density at radius 1 is 1.07 bits per heavy atom. The highest BCUT2D eigenvalue weighted by Crippen LogP contribution is 2.27. The zero-order valence-corrected chi connectivity index (χ0v) is 18.5. The Bertz CT molecular complexity index is 847. The molecule has 0 bridgehead atoms. The standard InChI is InChI=1S/C21H31F2N3O3S/c1-16(2)5-8-24-11-13-25(14-12-24)21(27)17-6-9-26(10-7-17)30(28,29)20-15-18(22)3-4-19(20)23/h3-4,15-17H,5-14H2,1-2H3. The number of benzene rings is 1. The van der Waals surface area contributed by atoms with Crippen molar-refractivity contribution in [2.24, 2.45) is 11.8 Å². The molecule has 0 aliphatic carbocycles. The van der Waals surface area contributed by atoms with E-state index in [4.69, 9.17) is 0 Å². The lowest BCUT2D eigenvalue weighted by Gasteiger charge is -2.38. The highest BCUT2D eigenvalue weighted by atomic mass is 32.2. The van der Waals surface area contributed by atoms with Gasteiger partial charge in [0.15, 0.2) is 0 Å². The smallest absolute Gasteiger partial charge is 0.246 e. The van der Waals surface area contributed by atoms with Crippen molar-refractivity contribution < 1.29 is 22.0 Å². The summed E-state index contributed by atoms with van der Waals surface area (Å²) in [5.74, 6) is -1.26. The SMILES string of the molecule is CC(C)CCN1CCN(C(=O)C2CCN(S(=O)(=O)c3cc(F)ccc3F)CC2)CC1. The molecule has 0 N–H and O–H groups in total. The monoisotopic (exact) mass is 443 g/mol. The van der Waals surface area contributed by atoms with Gasteiger partial charge in [-0.15, -0.1) is 0 Å². The number of piperazine rings is 1. The molecule has 1 aromatic carbocycles. The van der Waals surface area contributed by atoms with Crippen LogP contribution < -0.4 is 0 Å². The second kappa shape index (κ2) is 9.70. The Hall–Kier alpha value is -1.58. The minimum atomic E-state index is -4.12. The van der Waals surface area contributed by atoms with Crippen molar-refractivity contribution in [3.63, 3.8) is 0 Å². The van der Waals surface area contributed by atoms with Crippen LogP contribution in [0.2, 0.25) is 0 Å². The molecule has 30 heavy (non-hydrogen) atoms.